The topological polar surface area (TPSA) is 20.6 Å². The molecule has 0 saturated carbocycles. The molecular formula is C48H32ClN3OS. The summed E-state index contributed by atoms with van der Waals surface area (Å²) >= 11 is 8.64. The molecule has 10 rings (SSSR count). The number of anilines is 6. The fourth-order valence-corrected chi connectivity index (χ4v) is 8.70. The van der Waals surface area contributed by atoms with Gasteiger partial charge in [-0.25, -0.2) is 0 Å². The standard InChI is InChI=1S/C48H32ClN3OS/c49-41-27-29-44(47-48(41)54-46-30-26-38(32-45(46)53-47)50(33-15-5-1-6-16-33)34-17-7-2-8-18-34)51(35-19-9-3-10-20-35)37-25-28-43-40(31-37)39-23-13-14-24-42(39)52(43)36-21-11-4-12-22-36/h1-32H. The summed E-state index contributed by atoms with van der Waals surface area (Å²) in [6, 6.07) is 67.7. The van der Waals surface area contributed by atoms with Gasteiger partial charge in [-0.3, -0.25) is 0 Å². The molecule has 0 amide bonds. The van der Waals surface area contributed by atoms with E-state index >= 15 is 0 Å². The van der Waals surface area contributed by atoms with E-state index in [9.17, 15) is 0 Å². The molecule has 0 unspecified atom stereocenters. The van der Waals surface area contributed by atoms with E-state index < -0.39 is 0 Å². The lowest BCUT2D eigenvalue weighted by atomic mass is 10.1. The number of hydrogen-bond donors (Lipinski definition) is 0. The van der Waals surface area contributed by atoms with Crippen molar-refractivity contribution in [3.8, 4) is 17.2 Å². The Morgan fingerprint density at radius 2 is 1.02 bits per heavy atom. The van der Waals surface area contributed by atoms with Gasteiger partial charge < -0.3 is 19.1 Å². The van der Waals surface area contributed by atoms with Gasteiger partial charge in [-0.05, 0) is 97.1 Å². The maximum atomic E-state index is 7.02. The number of nitrogens with zero attached hydrogens (tertiary/aromatic N) is 3. The van der Waals surface area contributed by atoms with Gasteiger partial charge in [0.15, 0.2) is 5.75 Å². The summed E-state index contributed by atoms with van der Waals surface area (Å²) in [4.78, 5) is 6.42. The SMILES string of the molecule is Clc1ccc(N(c2ccccc2)c2ccc3c(c2)c2ccccc2n3-c2ccccc2)c2c1Sc1ccc(N(c3ccccc3)c3ccccc3)cc1O2. The zero-order valence-corrected chi connectivity index (χ0v) is 30.6. The van der Waals surface area contributed by atoms with Gasteiger partial charge in [-0.2, -0.15) is 0 Å². The van der Waals surface area contributed by atoms with Crippen LogP contribution in [0.3, 0.4) is 0 Å². The second kappa shape index (κ2) is 13.5. The quantitative estimate of drug-likeness (QED) is 0.162. The van der Waals surface area contributed by atoms with Gasteiger partial charge in [0.05, 0.1) is 31.5 Å². The highest BCUT2D eigenvalue weighted by Gasteiger charge is 2.29. The van der Waals surface area contributed by atoms with Crippen LogP contribution >= 0.6 is 23.4 Å². The molecule has 6 heteroatoms. The van der Waals surface area contributed by atoms with Gasteiger partial charge in [0.25, 0.3) is 0 Å². The van der Waals surface area contributed by atoms with E-state index in [1.807, 2.05) is 24.3 Å². The van der Waals surface area contributed by atoms with E-state index in [-0.39, 0.29) is 0 Å². The molecular weight excluding hydrogens is 702 g/mol. The van der Waals surface area contributed by atoms with Crippen LogP contribution in [0.15, 0.2) is 204 Å². The minimum Gasteiger partial charge on any atom is -0.453 e. The third kappa shape index (κ3) is 5.57. The largest absolute Gasteiger partial charge is 0.453 e. The van der Waals surface area contributed by atoms with Crippen LogP contribution in [0.1, 0.15) is 0 Å². The number of fused-ring (bicyclic) bond motifs is 5. The fraction of sp³-hybridized carbons (Fsp3) is 0. The van der Waals surface area contributed by atoms with Gasteiger partial charge in [-0.1, -0.05) is 114 Å². The number of benzene rings is 8. The summed E-state index contributed by atoms with van der Waals surface area (Å²) in [7, 11) is 0. The van der Waals surface area contributed by atoms with Crippen molar-refractivity contribution in [1.82, 2.24) is 4.57 Å². The first-order chi connectivity index (χ1) is 26.7. The van der Waals surface area contributed by atoms with Crippen LogP contribution in [-0.4, -0.2) is 4.57 Å². The molecule has 0 fully saturated rings. The van der Waals surface area contributed by atoms with E-state index in [0.29, 0.717) is 5.02 Å². The molecule has 1 aliphatic heterocycles. The molecule has 1 aromatic heterocycles. The number of ether oxygens (including phenoxy) is 1. The predicted octanol–water partition coefficient (Wildman–Crippen LogP) is 14.6. The summed E-state index contributed by atoms with van der Waals surface area (Å²) in [6.45, 7) is 0. The second-order valence-corrected chi connectivity index (χ2v) is 14.6. The number of hydrogen-bond acceptors (Lipinski definition) is 4. The number of aromatic nitrogens is 1. The molecule has 8 aromatic carbocycles. The Hall–Kier alpha value is -6.40. The van der Waals surface area contributed by atoms with Crippen molar-refractivity contribution in [1.29, 1.82) is 0 Å². The van der Waals surface area contributed by atoms with Crippen LogP contribution in [0, 0.1) is 0 Å². The Bertz CT molecular complexity index is 2750. The Morgan fingerprint density at radius 3 is 1.70 bits per heavy atom. The molecule has 4 nitrogen and oxygen atoms in total. The zero-order valence-electron chi connectivity index (χ0n) is 29.0. The summed E-state index contributed by atoms with van der Waals surface area (Å²) in [5.41, 5.74) is 9.50. The van der Waals surface area contributed by atoms with Crippen LogP contribution in [0.5, 0.6) is 11.5 Å². The third-order valence-corrected chi connectivity index (χ3v) is 11.5. The molecule has 2 heterocycles. The highest BCUT2D eigenvalue weighted by atomic mass is 35.5. The van der Waals surface area contributed by atoms with E-state index in [1.165, 1.54) is 10.8 Å². The first-order valence-electron chi connectivity index (χ1n) is 17.9. The van der Waals surface area contributed by atoms with Crippen molar-refractivity contribution in [2.24, 2.45) is 0 Å². The first-order valence-corrected chi connectivity index (χ1v) is 19.1. The monoisotopic (exact) mass is 733 g/mol. The van der Waals surface area contributed by atoms with Crippen molar-refractivity contribution in [3.05, 3.63) is 199 Å². The minimum atomic E-state index is 0.651. The van der Waals surface area contributed by atoms with Crippen LogP contribution in [0.4, 0.5) is 34.1 Å². The van der Waals surface area contributed by atoms with Crippen LogP contribution in [-0.2, 0) is 0 Å². The second-order valence-electron chi connectivity index (χ2n) is 13.1. The number of halogens is 1. The molecule has 9 aromatic rings. The Balaban J connectivity index is 1.12. The molecule has 0 atom stereocenters. The summed E-state index contributed by atoms with van der Waals surface area (Å²) in [5, 5.41) is 3.01. The predicted molar refractivity (Wildman–Crippen MR) is 226 cm³/mol. The van der Waals surface area contributed by atoms with Crippen LogP contribution in [0.25, 0.3) is 27.5 Å². The van der Waals surface area contributed by atoms with Gasteiger partial charge in [0.1, 0.15) is 5.75 Å². The summed E-state index contributed by atoms with van der Waals surface area (Å²) in [6.07, 6.45) is 0. The van der Waals surface area contributed by atoms with Crippen molar-refractivity contribution < 1.29 is 4.74 Å². The van der Waals surface area contributed by atoms with Crippen molar-refractivity contribution in [2.75, 3.05) is 9.80 Å². The number of para-hydroxylation sites is 5. The highest BCUT2D eigenvalue weighted by molar-refractivity contribution is 7.99. The smallest absolute Gasteiger partial charge is 0.166 e. The molecule has 0 radical (unpaired) electrons. The molecule has 0 saturated heterocycles. The highest BCUT2D eigenvalue weighted by Crippen LogP contribution is 2.56. The molecule has 1 aliphatic rings. The molecule has 0 spiro atoms. The number of rotatable bonds is 7. The lowest BCUT2D eigenvalue weighted by Crippen LogP contribution is -2.13. The molecule has 0 bridgehead atoms. The van der Waals surface area contributed by atoms with Crippen LogP contribution in [0.2, 0.25) is 5.02 Å². The molecule has 0 N–H and O–H groups in total. The normalized spacial score (nSPS) is 11.9. The van der Waals surface area contributed by atoms with E-state index in [0.717, 1.165) is 72.1 Å². The lowest BCUT2D eigenvalue weighted by molar-refractivity contribution is 0.456. The summed E-state index contributed by atoms with van der Waals surface area (Å²) in [5.74, 6) is 1.50. The van der Waals surface area contributed by atoms with Gasteiger partial charge in [-0.15, -0.1) is 0 Å². The Morgan fingerprint density at radius 1 is 0.463 bits per heavy atom. The van der Waals surface area contributed by atoms with Crippen molar-refractivity contribution in [3.63, 3.8) is 0 Å². The average Bonchev–Trinajstić information content (AvgIpc) is 3.57. The van der Waals surface area contributed by atoms with Crippen LogP contribution < -0.4 is 14.5 Å². The molecule has 258 valence electrons. The van der Waals surface area contributed by atoms with E-state index in [1.54, 1.807) is 11.8 Å². The lowest BCUT2D eigenvalue weighted by Gasteiger charge is -2.31. The molecule has 54 heavy (non-hydrogen) atoms. The van der Waals surface area contributed by atoms with Crippen molar-refractivity contribution >= 4 is 79.3 Å². The van der Waals surface area contributed by atoms with E-state index in [2.05, 4.69) is 184 Å². The Labute approximate surface area is 323 Å². The van der Waals surface area contributed by atoms with E-state index in [4.69, 9.17) is 16.3 Å². The molecule has 0 aliphatic carbocycles. The minimum absolute atomic E-state index is 0.651. The fourth-order valence-electron chi connectivity index (χ4n) is 7.48. The zero-order chi connectivity index (χ0) is 36.0. The van der Waals surface area contributed by atoms with Gasteiger partial charge in [0, 0.05) is 51.0 Å². The Kier molecular flexibility index (Phi) is 8.09. The van der Waals surface area contributed by atoms with Crippen molar-refractivity contribution in [2.45, 2.75) is 9.79 Å². The first kappa shape index (κ1) is 32.3. The summed E-state index contributed by atoms with van der Waals surface area (Å²) < 4.78 is 9.36. The third-order valence-electron chi connectivity index (χ3n) is 9.87. The van der Waals surface area contributed by atoms with Gasteiger partial charge >= 0.3 is 0 Å². The maximum absolute atomic E-state index is 7.02. The maximum Gasteiger partial charge on any atom is 0.166 e. The average molecular weight is 734 g/mol. The van der Waals surface area contributed by atoms with Gasteiger partial charge in [0.2, 0.25) is 0 Å².